The van der Waals surface area contributed by atoms with Crippen molar-refractivity contribution in [3.8, 4) is 16.8 Å². The maximum atomic E-state index is 2.59. The lowest BCUT2D eigenvalue weighted by Crippen LogP contribution is -2.31. The van der Waals surface area contributed by atoms with Crippen molar-refractivity contribution in [2.24, 2.45) is 0 Å². The number of rotatable bonds is 0. The Bertz CT molecular complexity index is 4440. The van der Waals surface area contributed by atoms with E-state index >= 15 is 0 Å². The Balaban J connectivity index is 1.15. The van der Waals surface area contributed by atoms with Crippen LogP contribution in [0.15, 0.2) is 158 Å². The molecule has 8 heterocycles. The van der Waals surface area contributed by atoms with E-state index in [2.05, 4.69) is 176 Å². The van der Waals surface area contributed by atoms with Crippen LogP contribution in [0.5, 0.6) is 0 Å². The van der Waals surface area contributed by atoms with Gasteiger partial charge in [-0.1, -0.05) is 97.1 Å². The molecular formula is C54H27N4+. The highest BCUT2D eigenvalue weighted by atomic mass is 15.0. The van der Waals surface area contributed by atoms with E-state index in [1.54, 1.807) is 0 Å². The molecule has 58 heavy (non-hydrogen) atoms. The highest BCUT2D eigenvalue weighted by Crippen LogP contribution is 2.55. The number of aromatic nitrogens is 4. The van der Waals surface area contributed by atoms with Gasteiger partial charge in [0.1, 0.15) is 5.92 Å². The van der Waals surface area contributed by atoms with Crippen LogP contribution >= 0.6 is 0 Å². The van der Waals surface area contributed by atoms with E-state index in [0.29, 0.717) is 0 Å². The Morgan fingerprint density at radius 3 is 1.64 bits per heavy atom. The SMILES string of the molecule is c1ccc2c(c1)-c1ccc[n+]3c1C2c1cc2c4ccccc4n4c5cc6c7c8c(cc9c%10cccc%11c%12ccccc%12n(c%11%10)c97)c7ccccc7n8c6cc5c(c1-3)c24. The van der Waals surface area contributed by atoms with Crippen molar-refractivity contribution in [1.29, 1.82) is 0 Å². The second-order valence-corrected chi connectivity index (χ2v) is 17.0. The molecule has 15 aromatic rings. The minimum absolute atomic E-state index is 0.207. The van der Waals surface area contributed by atoms with Crippen LogP contribution < -0.4 is 4.57 Å². The first-order valence-corrected chi connectivity index (χ1v) is 20.4. The largest absolute Gasteiger partial charge is 0.308 e. The van der Waals surface area contributed by atoms with Crippen LogP contribution in [0.1, 0.15) is 22.7 Å². The molecule has 1 atom stereocenters. The van der Waals surface area contributed by atoms with E-state index in [-0.39, 0.29) is 5.92 Å². The number of benzene rings is 8. The molecule has 0 radical (unpaired) electrons. The van der Waals surface area contributed by atoms with Crippen molar-refractivity contribution in [3.05, 3.63) is 175 Å². The molecule has 0 N–H and O–H groups in total. The first-order chi connectivity index (χ1) is 28.8. The van der Waals surface area contributed by atoms with Crippen LogP contribution in [-0.4, -0.2) is 13.2 Å². The summed E-state index contributed by atoms with van der Waals surface area (Å²) in [6, 6.07) is 57.8. The normalized spacial score (nSPS) is 15.1. The fourth-order valence-electron chi connectivity index (χ4n) is 12.7. The summed E-state index contributed by atoms with van der Waals surface area (Å²) in [5.74, 6) is 0.207. The smallest absolute Gasteiger partial charge is 0.225 e. The van der Waals surface area contributed by atoms with Crippen LogP contribution in [0.4, 0.5) is 0 Å². The molecule has 7 aromatic heterocycles. The molecule has 0 bridgehead atoms. The fraction of sp³-hybridized carbons (Fsp3) is 0.0185. The molecule has 1 unspecified atom stereocenters. The molecule has 17 rings (SSSR count). The second kappa shape index (κ2) is 8.81. The maximum Gasteiger partial charge on any atom is 0.225 e. The van der Waals surface area contributed by atoms with Crippen LogP contribution in [0.25, 0.3) is 131 Å². The molecule has 8 aromatic carbocycles. The molecule has 0 saturated carbocycles. The molecule has 2 aliphatic rings. The zero-order valence-corrected chi connectivity index (χ0v) is 30.9. The summed E-state index contributed by atoms with van der Waals surface area (Å²) in [6.45, 7) is 0. The summed E-state index contributed by atoms with van der Waals surface area (Å²) in [7, 11) is 0. The molecule has 1 aliphatic heterocycles. The van der Waals surface area contributed by atoms with Crippen LogP contribution in [0, 0.1) is 0 Å². The molecule has 262 valence electrons. The molecule has 4 heteroatoms. The van der Waals surface area contributed by atoms with E-state index in [9.17, 15) is 0 Å². The number of pyridine rings is 1. The molecule has 0 spiro atoms. The Hall–Kier alpha value is -7.69. The van der Waals surface area contributed by atoms with Gasteiger partial charge in [-0.05, 0) is 59.7 Å². The third-order valence-electron chi connectivity index (χ3n) is 14.7. The van der Waals surface area contributed by atoms with Gasteiger partial charge in [-0.15, -0.1) is 0 Å². The van der Waals surface area contributed by atoms with Crippen molar-refractivity contribution < 1.29 is 4.57 Å². The number of hydrogen-bond donors (Lipinski definition) is 0. The summed E-state index contributed by atoms with van der Waals surface area (Å²) in [6.07, 6.45) is 2.31. The molecular weight excluding hydrogens is 705 g/mol. The van der Waals surface area contributed by atoms with E-state index in [1.807, 2.05) is 0 Å². The summed E-state index contributed by atoms with van der Waals surface area (Å²) >= 11 is 0. The molecule has 0 saturated heterocycles. The monoisotopic (exact) mass is 731 g/mol. The second-order valence-electron chi connectivity index (χ2n) is 17.0. The first-order valence-electron chi connectivity index (χ1n) is 20.4. The molecule has 0 fully saturated rings. The molecule has 0 amide bonds. The number of fused-ring (bicyclic) bond motifs is 26. The van der Waals surface area contributed by atoms with Crippen LogP contribution in [-0.2, 0) is 0 Å². The van der Waals surface area contributed by atoms with Gasteiger partial charge in [-0.25, -0.2) is 0 Å². The highest BCUT2D eigenvalue weighted by Gasteiger charge is 2.48. The van der Waals surface area contributed by atoms with E-state index < -0.39 is 0 Å². The summed E-state index contributed by atoms with van der Waals surface area (Å²) in [5.41, 5.74) is 19.9. The Labute approximate surface area is 328 Å². The molecule has 4 nitrogen and oxygen atoms in total. The lowest BCUT2D eigenvalue weighted by atomic mass is 9.90. The lowest BCUT2D eigenvalue weighted by molar-refractivity contribution is -0.595. The fourth-order valence-corrected chi connectivity index (χ4v) is 12.7. The van der Waals surface area contributed by atoms with Crippen molar-refractivity contribution >= 4 is 114 Å². The van der Waals surface area contributed by atoms with Gasteiger partial charge in [0.15, 0.2) is 6.20 Å². The van der Waals surface area contributed by atoms with E-state index in [4.69, 9.17) is 0 Å². The Morgan fingerprint density at radius 1 is 0.345 bits per heavy atom. The van der Waals surface area contributed by atoms with Gasteiger partial charge in [0.2, 0.25) is 11.4 Å². The average Bonchev–Trinajstić information content (AvgIpc) is 4.15. The standard InChI is InChI=1S/C54H27N4/c1-2-15-31-27(11-1)32-18-10-22-55-50(32)46(31)40-24-36-30-14-5-7-20-42(30)56-44-26-39-45(25-38(44)47(51(40)55)52(36)56)57-41-19-6-4-13-29(41)35-23-37-34-17-9-16-33-28-12-3-8-21-43(28)58(49(33)34)54(37)48(39)53(35)57/h1-26,46H/q+1. The van der Waals surface area contributed by atoms with Crippen molar-refractivity contribution in [3.63, 3.8) is 0 Å². The highest BCUT2D eigenvalue weighted by molar-refractivity contribution is 6.38. The zero-order chi connectivity index (χ0) is 36.9. The lowest BCUT2D eigenvalue weighted by Gasteiger charge is -2.08. The summed E-state index contributed by atoms with van der Waals surface area (Å²) in [4.78, 5) is 0. The maximum absolute atomic E-state index is 2.59. The number of para-hydroxylation sites is 4. The van der Waals surface area contributed by atoms with Crippen LogP contribution in [0.3, 0.4) is 0 Å². The summed E-state index contributed by atoms with van der Waals surface area (Å²) < 4.78 is 10.3. The van der Waals surface area contributed by atoms with Gasteiger partial charge >= 0.3 is 0 Å². The van der Waals surface area contributed by atoms with Crippen molar-refractivity contribution in [2.45, 2.75) is 5.92 Å². The van der Waals surface area contributed by atoms with Crippen molar-refractivity contribution in [2.75, 3.05) is 0 Å². The van der Waals surface area contributed by atoms with Gasteiger partial charge in [0.05, 0.1) is 60.6 Å². The Morgan fingerprint density at radius 2 is 0.879 bits per heavy atom. The van der Waals surface area contributed by atoms with Crippen molar-refractivity contribution in [1.82, 2.24) is 13.2 Å². The third-order valence-corrected chi connectivity index (χ3v) is 14.7. The zero-order valence-electron chi connectivity index (χ0n) is 30.9. The Kier molecular flexibility index (Phi) is 4.22. The predicted molar refractivity (Wildman–Crippen MR) is 238 cm³/mol. The topological polar surface area (TPSA) is 17.1 Å². The molecule has 1 aliphatic carbocycles. The predicted octanol–water partition coefficient (Wildman–Crippen LogP) is 12.9. The van der Waals surface area contributed by atoms with Gasteiger partial charge in [-0.3, -0.25) is 0 Å². The van der Waals surface area contributed by atoms with Gasteiger partial charge in [-0.2, -0.15) is 4.57 Å². The third kappa shape index (κ3) is 2.69. The minimum Gasteiger partial charge on any atom is -0.308 e. The first kappa shape index (κ1) is 27.8. The van der Waals surface area contributed by atoms with Gasteiger partial charge in [0.25, 0.3) is 0 Å². The summed E-state index contributed by atoms with van der Waals surface area (Å²) in [5, 5.41) is 15.9. The van der Waals surface area contributed by atoms with E-state index in [0.717, 1.165) is 0 Å². The minimum atomic E-state index is 0.207. The quantitative estimate of drug-likeness (QED) is 0.138. The van der Waals surface area contributed by atoms with Gasteiger partial charge < -0.3 is 13.2 Å². The van der Waals surface area contributed by atoms with Gasteiger partial charge in [0, 0.05) is 70.9 Å². The van der Waals surface area contributed by atoms with Crippen LogP contribution in [0.2, 0.25) is 0 Å². The van der Waals surface area contributed by atoms with E-state index in [1.165, 1.54) is 148 Å². The number of nitrogens with zero attached hydrogens (tertiary/aromatic N) is 4. The average molecular weight is 732 g/mol. The number of hydrogen-bond acceptors (Lipinski definition) is 0.